The third kappa shape index (κ3) is 4.41. The molecule has 1 atom stereocenters. The Morgan fingerprint density at radius 1 is 1.42 bits per heavy atom. The molecule has 0 aromatic carbocycles. The fourth-order valence-corrected chi connectivity index (χ4v) is 4.26. The summed E-state index contributed by atoms with van der Waals surface area (Å²) in [4.78, 5) is 6.82. The van der Waals surface area contributed by atoms with Crippen molar-refractivity contribution in [3.63, 3.8) is 0 Å². The molecule has 3 heterocycles. The summed E-state index contributed by atoms with van der Waals surface area (Å²) in [5, 5.41) is 17.6. The Labute approximate surface area is 145 Å². The molecule has 132 valence electrons. The molecule has 1 aliphatic heterocycles. The first kappa shape index (κ1) is 17.5. The van der Waals surface area contributed by atoms with Crippen LogP contribution in [0.5, 0.6) is 0 Å². The molecule has 1 aliphatic rings. The maximum Gasteiger partial charge on any atom is 0.150 e. The van der Waals surface area contributed by atoms with E-state index < -0.39 is 15.9 Å². The van der Waals surface area contributed by atoms with Crippen molar-refractivity contribution >= 4 is 21.2 Å². The highest BCUT2D eigenvalue weighted by Gasteiger charge is 2.23. The predicted molar refractivity (Wildman–Crippen MR) is 92.7 cm³/mol. The summed E-state index contributed by atoms with van der Waals surface area (Å²) in [6, 6.07) is 1.81. The van der Waals surface area contributed by atoms with Gasteiger partial charge in [0, 0.05) is 37.7 Å². The van der Waals surface area contributed by atoms with E-state index in [1.54, 1.807) is 11.3 Å². The minimum absolute atomic E-state index is 0.295. The molecule has 9 heteroatoms. The molecule has 3 rings (SSSR count). The molecule has 0 fully saturated rings. The van der Waals surface area contributed by atoms with E-state index in [9.17, 15) is 13.5 Å². The number of aliphatic hydroxyl groups excluding tert-OH is 1. The van der Waals surface area contributed by atoms with Crippen molar-refractivity contribution in [2.75, 3.05) is 25.1 Å². The lowest BCUT2D eigenvalue weighted by Gasteiger charge is -2.27. The van der Waals surface area contributed by atoms with Gasteiger partial charge in [-0.25, -0.2) is 13.4 Å². The quantitative estimate of drug-likeness (QED) is 0.809. The smallest absolute Gasteiger partial charge is 0.150 e. The van der Waals surface area contributed by atoms with Gasteiger partial charge in [0.15, 0.2) is 0 Å². The van der Waals surface area contributed by atoms with Crippen LogP contribution in [0.1, 0.15) is 28.2 Å². The number of thiazole rings is 1. The van der Waals surface area contributed by atoms with Gasteiger partial charge in [-0.3, -0.25) is 9.58 Å². The van der Waals surface area contributed by atoms with Crippen LogP contribution < -0.4 is 0 Å². The van der Waals surface area contributed by atoms with Gasteiger partial charge in [-0.2, -0.15) is 5.10 Å². The predicted octanol–water partition coefficient (Wildman–Crippen LogP) is 0.784. The summed E-state index contributed by atoms with van der Waals surface area (Å²) >= 11 is 1.67. The zero-order valence-electron chi connectivity index (χ0n) is 13.8. The van der Waals surface area contributed by atoms with E-state index in [1.807, 2.05) is 17.7 Å². The second kappa shape index (κ2) is 6.91. The number of aromatic nitrogens is 3. The average Bonchev–Trinajstić information content (AvgIpc) is 3.08. The molecule has 0 radical (unpaired) electrons. The molecule has 2 aromatic heterocycles. The monoisotopic (exact) mass is 370 g/mol. The third-order valence-electron chi connectivity index (χ3n) is 4.05. The average molecular weight is 371 g/mol. The van der Waals surface area contributed by atoms with Crippen LogP contribution in [0.3, 0.4) is 0 Å². The number of nitrogens with zero attached hydrogens (tertiary/aromatic N) is 4. The number of hydrogen-bond donors (Lipinski definition) is 1. The summed E-state index contributed by atoms with van der Waals surface area (Å²) in [7, 11) is -3.24. The van der Waals surface area contributed by atoms with Crippen LogP contribution in [-0.2, 0) is 29.3 Å². The molecule has 2 aromatic rings. The lowest BCUT2D eigenvalue weighted by atomic mass is 10.2. The fraction of sp³-hybridized carbons (Fsp3) is 0.600. The Morgan fingerprint density at radius 3 is 2.88 bits per heavy atom. The third-order valence-corrected chi connectivity index (χ3v) is 5.79. The topological polar surface area (TPSA) is 88.3 Å². The zero-order valence-corrected chi connectivity index (χ0v) is 15.5. The number of sulfone groups is 1. The molecular formula is C15H22N4O3S2. The number of rotatable bonds is 6. The SMILES string of the molecule is Cc1nc(CCN2CCn3nc(C(O)CS(C)(=O)=O)cc3C2)cs1. The van der Waals surface area contributed by atoms with E-state index in [1.165, 1.54) is 0 Å². The van der Waals surface area contributed by atoms with Gasteiger partial charge >= 0.3 is 0 Å². The molecule has 7 nitrogen and oxygen atoms in total. The van der Waals surface area contributed by atoms with Crippen molar-refractivity contribution in [2.45, 2.75) is 32.5 Å². The van der Waals surface area contributed by atoms with Gasteiger partial charge in [0.2, 0.25) is 0 Å². The summed E-state index contributed by atoms with van der Waals surface area (Å²) in [5.74, 6) is -0.295. The van der Waals surface area contributed by atoms with Gasteiger partial charge in [0.05, 0.1) is 34.4 Å². The molecule has 0 amide bonds. The first-order valence-electron chi connectivity index (χ1n) is 7.86. The molecular weight excluding hydrogens is 348 g/mol. The number of fused-ring (bicyclic) bond motifs is 1. The first-order valence-corrected chi connectivity index (χ1v) is 10.8. The highest BCUT2D eigenvalue weighted by atomic mass is 32.2. The van der Waals surface area contributed by atoms with Crippen molar-refractivity contribution in [1.29, 1.82) is 0 Å². The van der Waals surface area contributed by atoms with Gasteiger partial charge in [-0.15, -0.1) is 11.3 Å². The molecule has 0 aliphatic carbocycles. The van der Waals surface area contributed by atoms with Gasteiger partial charge < -0.3 is 5.11 Å². The van der Waals surface area contributed by atoms with Crippen molar-refractivity contribution in [1.82, 2.24) is 19.7 Å². The Kier molecular flexibility index (Phi) is 5.05. The highest BCUT2D eigenvalue weighted by Crippen LogP contribution is 2.19. The highest BCUT2D eigenvalue weighted by molar-refractivity contribution is 7.90. The fourth-order valence-electron chi connectivity index (χ4n) is 2.86. The molecule has 0 spiro atoms. The minimum atomic E-state index is -3.24. The normalized spacial score (nSPS) is 17.0. The van der Waals surface area contributed by atoms with E-state index in [2.05, 4.69) is 20.4 Å². The second-order valence-corrected chi connectivity index (χ2v) is 9.52. The second-order valence-electron chi connectivity index (χ2n) is 6.28. The maximum absolute atomic E-state index is 11.3. The summed E-state index contributed by atoms with van der Waals surface area (Å²) in [5.41, 5.74) is 2.58. The Morgan fingerprint density at radius 2 is 2.21 bits per heavy atom. The van der Waals surface area contributed by atoms with E-state index in [4.69, 9.17) is 0 Å². The lowest BCUT2D eigenvalue weighted by Crippen LogP contribution is -2.35. The van der Waals surface area contributed by atoms with Crippen molar-refractivity contribution in [3.05, 3.63) is 33.5 Å². The molecule has 0 saturated heterocycles. The van der Waals surface area contributed by atoms with E-state index in [0.29, 0.717) is 5.69 Å². The van der Waals surface area contributed by atoms with E-state index in [-0.39, 0.29) is 5.75 Å². The summed E-state index contributed by atoms with van der Waals surface area (Å²) < 4.78 is 24.5. The van der Waals surface area contributed by atoms with Crippen LogP contribution in [0.25, 0.3) is 0 Å². The maximum atomic E-state index is 11.3. The largest absolute Gasteiger partial charge is 0.386 e. The van der Waals surface area contributed by atoms with Gasteiger partial charge in [-0.05, 0) is 13.0 Å². The number of hydrogen-bond acceptors (Lipinski definition) is 7. The van der Waals surface area contributed by atoms with Crippen molar-refractivity contribution < 1.29 is 13.5 Å². The molecule has 1 unspecified atom stereocenters. The van der Waals surface area contributed by atoms with Crippen LogP contribution >= 0.6 is 11.3 Å². The number of aliphatic hydroxyl groups is 1. The number of aryl methyl sites for hydroxylation is 1. The van der Waals surface area contributed by atoms with Gasteiger partial charge in [0.25, 0.3) is 0 Å². The van der Waals surface area contributed by atoms with Gasteiger partial charge in [0.1, 0.15) is 15.9 Å². The van der Waals surface area contributed by atoms with Crippen LogP contribution in [0.15, 0.2) is 11.4 Å². The summed E-state index contributed by atoms with van der Waals surface area (Å²) in [6.45, 7) is 5.32. The van der Waals surface area contributed by atoms with Gasteiger partial charge in [-0.1, -0.05) is 0 Å². The molecule has 1 N–H and O–H groups in total. The standard InChI is InChI=1S/C15H22N4O3S2/c1-11-16-12(9-23-11)3-4-18-5-6-19-13(8-18)7-14(17-19)15(20)10-24(2,21)22/h7,9,15,20H,3-6,8,10H2,1-2H3. The molecule has 0 bridgehead atoms. The van der Waals surface area contributed by atoms with E-state index >= 15 is 0 Å². The summed E-state index contributed by atoms with van der Waals surface area (Å²) in [6.07, 6.45) is 0.973. The minimum Gasteiger partial charge on any atom is -0.386 e. The first-order chi connectivity index (χ1) is 11.3. The van der Waals surface area contributed by atoms with Crippen LogP contribution in [0.4, 0.5) is 0 Å². The molecule has 0 saturated carbocycles. The lowest BCUT2D eigenvalue weighted by molar-refractivity contribution is 0.193. The Bertz CT molecular complexity index is 813. The van der Waals surface area contributed by atoms with Crippen LogP contribution in [0.2, 0.25) is 0 Å². The zero-order chi connectivity index (χ0) is 17.3. The Hall–Kier alpha value is -1.29. The Balaban J connectivity index is 1.61. The van der Waals surface area contributed by atoms with Crippen LogP contribution in [0, 0.1) is 6.92 Å². The van der Waals surface area contributed by atoms with E-state index in [0.717, 1.165) is 55.3 Å². The van der Waals surface area contributed by atoms with Crippen molar-refractivity contribution in [3.8, 4) is 0 Å². The van der Waals surface area contributed by atoms with Crippen LogP contribution in [-0.4, -0.2) is 58.3 Å². The molecule has 24 heavy (non-hydrogen) atoms. The van der Waals surface area contributed by atoms with Crippen molar-refractivity contribution in [2.24, 2.45) is 0 Å².